The van der Waals surface area contributed by atoms with Gasteiger partial charge in [0.2, 0.25) is 0 Å². The van der Waals surface area contributed by atoms with Gasteiger partial charge in [0.15, 0.2) is 5.65 Å². The van der Waals surface area contributed by atoms with Gasteiger partial charge in [-0.1, -0.05) is 0 Å². The SMILES string of the molecule is CCn1c2c(c(=O)n3ncc(C(=O)N4CCN(c5ccc(OC)cc5)CC4)c13)CNCC2. The van der Waals surface area contributed by atoms with Crippen LogP contribution in [0.2, 0.25) is 0 Å². The number of hydrogen-bond donors (Lipinski definition) is 1. The summed E-state index contributed by atoms with van der Waals surface area (Å²) in [5, 5.41) is 7.58. The molecule has 4 heterocycles. The van der Waals surface area contributed by atoms with Crippen molar-refractivity contribution in [2.75, 3.05) is 44.7 Å². The molecule has 5 rings (SSSR count). The number of methoxy groups -OCH3 is 1. The van der Waals surface area contributed by atoms with E-state index >= 15 is 0 Å². The molecule has 9 heteroatoms. The smallest absolute Gasteiger partial charge is 0.279 e. The van der Waals surface area contributed by atoms with Crippen LogP contribution in [-0.4, -0.2) is 64.8 Å². The van der Waals surface area contributed by atoms with Crippen molar-refractivity contribution in [1.82, 2.24) is 24.4 Å². The first-order valence-electron chi connectivity index (χ1n) is 11.1. The molecule has 0 saturated carbocycles. The zero-order chi connectivity index (χ0) is 22.2. The molecule has 1 N–H and O–H groups in total. The fraction of sp³-hybridized carbons (Fsp3) is 0.435. The second-order valence-corrected chi connectivity index (χ2v) is 8.17. The van der Waals surface area contributed by atoms with Gasteiger partial charge in [0, 0.05) is 63.6 Å². The van der Waals surface area contributed by atoms with Gasteiger partial charge in [-0.3, -0.25) is 9.59 Å². The van der Waals surface area contributed by atoms with Crippen molar-refractivity contribution in [2.24, 2.45) is 0 Å². The van der Waals surface area contributed by atoms with Gasteiger partial charge in [-0.25, -0.2) is 0 Å². The number of anilines is 1. The molecule has 0 unspecified atom stereocenters. The molecule has 0 bridgehead atoms. The van der Waals surface area contributed by atoms with Crippen LogP contribution in [0.1, 0.15) is 28.5 Å². The lowest BCUT2D eigenvalue weighted by Gasteiger charge is -2.36. The Bertz CT molecular complexity index is 1210. The summed E-state index contributed by atoms with van der Waals surface area (Å²) >= 11 is 0. The van der Waals surface area contributed by atoms with Gasteiger partial charge < -0.3 is 24.4 Å². The highest BCUT2D eigenvalue weighted by Gasteiger charge is 2.28. The molecule has 1 amide bonds. The summed E-state index contributed by atoms with van der Waals surface area (Å²) in [6.07, 6.45) is 2.33. The monoisotopic (exact) mass is 436 g/mol. The number of benzene rings is 1. The van der Waals surface area contributed by atoms with E-state index in [0.29, 0.717) is 37.4 Å². The van der Waals surface area contributed by atoms with E-state index in [1.165, 1.54) is 4.52 Å². The minimum atomic E-state index is -0.129. The molecule has 1 fully saturated rings. The van der Waals surface area contributed by atoms with Crippen molar-refractivity contribution in [3.05, 3.63) is 57.6 Å². The van der Waals surface area contributed by atoms with Crippen molar-refractivity contribution >= 4 is 17.2 Å². The normalized spacial score (nSPS) is 16.3. The average molecular weight is 437 g/mol. The van der Waals surface area contributed by atoms with Crippen molar-refractivity contribution in [3.63, 3.8) is 0 Å². The lowest BCUT2D eigenvalue weighted by Crippen LogP contribution is -2.49. The highest BCUT2D eigenvalue weighted by atomic mass is 16.5. The highest BCUT2D eigenvalue weighted by Crippen LogP contribution is 2.23. The standard InChI is InChI=1S/C23H28N6O3/c1-3-28-20-8-9-24-14-18(20)23(31)29-21(28)19(15-25-29)22(30)27-12-10-26(11-13-27)16-4-6-17(32-2)7-5-16/h4-7,15,24H,3,8-14H2,1-2H3. The molecular weight excluding hydrogens is 408 g/mol. The third-order valence-electron chi connectivity index (χ3n) is 6.52. The molecule has 9 nitrogen and oxygen atoms in total. The second kappa shape index (κ2) is 8.31. The summed E-state index contributed by atoms with van der Waals surface area (Å²) in [5.74, 6) is 0.764. The van der Waals surface area contributed by atoms with Gasteiger partial charge in [0.1, 0.15) is 11.3 Å². The van der Waals surface area contributed by atoms with E-state index < -0.39 is 0 Å². The fourth-order valence-corrected chi connectivity index (χ4v) is 4.80. The number of nitrogens with zero attached hydrogens (tertiary/aromatic N) is 5. The van der Waals surface area contributed by atoms with Crippen LogP contribution in [0.15, 0.2) is 35.3 Å². The maximum Gasteiger partial charge on any atom is 0.279 e. The lowest BCUT2D eigenvalue weighted by molar-refractivity contribution is 0.0748. The molecule has 2 aromatic heterocycles. The van der Waals surface area contributed by atoms with E-state index in [2.05, 4.69) is 19.9 Å². The number of piperazine rings is 1. The number of amides is 1. The van der Waals surface area contributed by atoms with Crippen molar-refractivity contribution in [3.8, 4) is 5.75 Å². The van der Waals surface area contributed by atoms with Gasteiger partial charge in [0.25, 0.3) is 11.5 Å². The molecule has 168 valence electrons. The number of nitrogens with one attached hydrogen (secondary N) is 1. The van der Waals surface area contributed by atoms with Crippen LogP contribution in [0.25, 0.3) is 5.65 Å². The van der Waals surface area contributed by atoms with Crippen LogP contribution in [0.3, 0.4) is 0 Å². The van der Waals surface area contributed by atoms with E-state index in [9.17, 15) is 9.59 Å². The maximum absolute atomic E-state index is 13.5. The van der Waals surface area contributed by atoms with Gasteiger partial charge in [-0.15, -0.1) is 0 Å². The Morgan fingerprint density at radius 3 is 2.59 bits per heavy atom. The quantitative estimate of drug-likeness (QED) is 0.660. The van der Waals surface area contributed by atoms with Crippen LogP contribution in [0, 0.1) is 0 Å². The number of ether oxygens (including phenoxy) is 1. The number of aromatic nitrogens is 3. The molecule has 0 radical (unpaired) electrons. The van der Waals surface area contributed by atoms with Crippen LogP contribution in [-0.2, 0) is 19.5 Å². The zero-order valence-corrected chi connectivity index (χ0v) is 18.5. The number of rotatable bonds is 4. The van der Waals surface area contributed by atoms with E-state index in [4.69, 9.17) is 4.74 Å². The Morgan fingerprint density at radius 1 is 1.16 bits per heavy atom. The van der Waals surface area contributed by atoms with Gasteiger partial charge >= 0.3 is 0 Å². The Labute approximate surface area is 186 Å². The molecule has 2 aliphatic rings. The third kappa shape index (κ3) is 3.33. The number of aryl methyl sites for hydroxylation is 1. The summed E-state index contributed by atoms with van der Waals surface area (Å²) in [7, 11) is 1.66. The highest BCUT2D eigenvalue weighted by molar-refractivity contribution is 6.00. The number of carbonyl (C=O) groups excluding carboxylic acids is 1. The Hall–Kier alpha value is -3.33. The summed E-state index contributed by atoms with van der Waals surface area (Å²) in [4.78, 5) is 30.6. The lowest BCUT2D eigenvalue weighted by atomic mass is 10.1. The largest absolute Gasteiger partial charge is 0.497 e. The predicted octanol–water partition coefficient (Wildman–Crippen LogP) is 1.13. The minimum absolute atomic E-state index is 0.0649. The fourth-order valence-electron chi connectivity index (χ4n) is 4.80. The Kier molecular flexibility index (Phi) is 5.34. The Morgan fingerprint density at radius 2 is 1.91 bits per heavy atom. The summed E-state index contributed by atoms with van der Waals surface area (Å²) in [6.45, 7) is 6.83. The van der Waals surface area contributed by atoms with Gasteiger partial charge in [-0.05, 0) is 31.2 Å². The van der Waals surface area contributed by atoms with Crippen molar-refractivity contribution in [2.45, 2.75) is 26.4 Å². The minimum Gasteiger partial charge on any atom is -0.497 e. The van der Waals surface area contributed by atoms with Crippen molar-refractivity contribution < 1.29 is 9.53 Å². The maximum atomic E-state index is 13.5. The second-order valence-electron chi connectivity index (χ2n) is 8.17. The van der Waals surface area contributed by atoms with Crippen LogP contribution < -0.4 is 20.5 Å². The van der Waals surface area contributed by atoms with E-state index in [1.54, 1.807) is 13.3 Å². The molecule has 1 saturated heterocycles. The van der Waals surface area contributed by atoms with Crippen LogP contribution in [0.5, 0.6) is 5.75 Å². The van der Waals surface area contributed by atoms with E-state index in [-0.39, 0.29) is 11.5 Å². The first kappa shape index (κ1) is 20.6. The Balaban J connectivity index is 1.41. The van der Waals surface area contributed by atoms with E-state index in [1.807, 2.05) is 36.1 Å². The summed E-state index contributed by atoms with van der Waals surface area (Å²) in [5.41, 5.74) is 3.87. The number of hydrogen-bond acceptors (Lipinski definition) is 6. The van der Waals surface area contributed by atoms with Crippen LogP contribution in [0.4, 0.5) is 5.69 Å². The van der Waals surface area contributed by atoms with Crippen LogP contribution >= 0.6 is 0 Å². The first-order valence-corrected chi connectivity index (χ1v) is 11.1. The number of fused-ring (bicyclic) bond motifs is 2. The average Bonchev–Trinajstić information content (AvgIpc) is 3.29. The molecule has 3 aromatic rings. The topological polar surface area (TPSA) is 84.1 Å². The van der Waals surface area contributed by atoms with E-state index in [0.717, 1.165) is 48.7 Å². The molecule has 0 aliphatic carbocycles. The molecule has 1 aromatic carbocycles. The van der Waals surface area contributed by atoms with Gasteiger partial charge in [-0.2, -0.15) is 9.61 Å². The summed E-state index contributed by atoms with van der Waals surface area (Å²) in [6, 6.07) is 7.98. The predicted molar refractivity (Wildman–Crippen MR) is 122 cm³/mol. The first-order chi connectivity index (χ1) is 15.6. The zero-order valence-electron chi connectivity index (χ0n) is 18.5. The molecule has 2 aliphatic heterocycles. The third-order valence-corrected chi connectivity index (χ3v) is 6.52. The number of carbonyl (C=O) groups is 1. The molecular formula is C23H28N6O3. The molecule has 0 spiro atoms. The van der Waals surface area contributed by atoms with Crippen molar-refractivity contribution in [1.29, 1.82) is 0 Å². The molecule has 0 atom stereocenters. The summed E-state index contributed by atoms with van der Waals surface area (Å²) < 4.78 is 8.72. The van der Waals surface area contributed by atoms with Gasteiger partial charge in [0.05, 0.1) is 18.9 Å². The molecule has 32 heavy (non-hydrogen) atoms.